The Morgan fingerprint density at radius 1 is 1.20 bits per heavy atom. The molecule has 0 aromatic rings. The number of β-amino-alcohol motifs (C(OH)–C–C–N with tert-alkyl or cyclic N) is 1. The molecule has 2 aliphatic heterocycles. The SMILES string of the molecule is COCC(C)OCC(O)CN1CCN(C2CNC2)CC1. The average molecular weight is 287 g/mol. The fourth-order valence-electron chi connectivity index (χ4n) is 2.75. The number of nitrogens with one attached hydrogen (secondary N) is 1. The average Bonchev–Trinajstić information content (AvgIpc) is 2.37. The van der Waals surface area contributed by atoms with Gasteiger partial charge in [0.15, 0.2) is 0 Å². The number of aliphatic hydroxyl groups excluding tert-OH is 1. The van der Waals surface area contributed by atoms with Gasteiger partial charge in [-0.1, -0.05) is 0 Å². The van der Waals surface area contributed by atoms with Gasteiger partial charge in [0.25, 0.3) is 0 Å². The number of hydrogen-bond donors (Lipinski definition) is 2. The molecule has 0 aromatic carbocycles. The van der Waals surface area contributed by atoms with Crippen molar-refractivity contribution in [2.75, 3.05) is 66.1 Å². The number of nitrogens with zero attached hydrogens (tertiary/aromatic N) is 2. The molecule has 6 nitrogen and oxygen atoms in total. The summed E-state index contributed by atoms with van der Waals surface area (Å²) in [5, 5.41) is 13.3. The maximum atomic E-state index is 10.0. The Bertz CT molecular complexity index is 268. The van der Waals surface area contributed by atoms with Crippen molar-refractivity contribution in [3.8, 4) is 0 Å². The topological polar surface area (TPSA) is 57.2 Å². The van der Waals surface area contributed by atoms with E-state index in [0.717, 1.165) is 45.3 Å². The normalized spacial score (nSPS) is 25.4. The molecule has 2 heterocycles. The van der Waals surface area contributed by atoms with Crippen LogP contribution in [0.15, 0.2) is 0 Å². The molecule has 2 saturated heterocycles. The molecule has 6 heteroatoms. The number of piperazine rings is 1. The summed E-state index contributed by atoms with van der Waals surface area (Å²) < 4.78 is 10.6. The second-order valence-corrected chi connectivity index (χ2v) is 5.90. The van der Waals surface area contributed by atoms with Gasteiger partial charge in [-0.05, 0) is 6.92 Å². The van der Waals surface area contributed by atoms with Gasteiger partial charge in [0.1, 0.15) is 0 Å². The highest BCUT2D eigenvalue weighted by atomic mass is 16.5. The molecule has 0 saturated carbocycles. The van der Waals surface area contributed by atoms with Gasteiger partial charge in [0.2, 0.25) is 0 Å². The van der Waals surface area contributed by atoms with Crippen molar-refractivity contribution in [1.29, 1.82) is 0 Å². The van der Waals surface area contributed by atoms with Gasteiger partial charge in [-0.2, -0.15) is 0 Å². The molecule has 20 heavy (non-hydrogen) atoms. The minimum atomic E-state index is -0.411. The van der Waals surface area contributed by atoms with Crippen LogP contribution in [0.25, 0.3) is 0 Å². The Morgan fingerprint density at radius 2 is 1.90 bits per heavy atom. The van der Waals surface area contributed by atoms with Gasteiger partial charge < -0.3 is 19.9 Å². The molecule has 0 spiro atoms. The Kier molecular flexibility index (Phi) is 6.67. The summed E-state index contributed by atoms with van der Waals surface area (Å²) in [6.45, 7) is 10.2. The van der Waals surface area contributed by atoms with Crippen LogP contribution in [0, 0.1) is 0 Å². The van der Waals surface area contributed by atoms with E-state index in [2.05, 4.69) is 15.1 Å². The van der Waals surface area contributed by atoms with Crippen molar-refractivity contribution in [2.45, 2.75) is 25.2 Å². The molecule has 0 radical (unpaired) electrons. The Labute approximate surface area is 122 Å². The number of aliphatic hydroxyl groups is 1. The standard InChI is InChI=1S/C14H29N3O3/c1-12(10-19-2)20-11-14(18)9-16-3-5-17(6-4-16)13-7-15-8-13/h12-15,18H,3-11H2,1-2H3. The lowest BCUT2D eigenvalue weighted by Gasteiger charge is -2.43. The molecule has 2 aliphatic rings. The van der Waals surface area contributed by atoms with Gasteiger partial charge in [-0.3, -0.25) is 9.80 Å². The molecule has 0 aromatic heterocycles. The van der Waals surface area contributed by atoms with Crippen LogP contribution >= 0.6 is 0 Å². The van der Waals surface area contributed by atoms with Crippen LogP contribution in [0.3, 0.4) is 0 Å². The molecule has 0 aliphatic carbocycles. The summed E-state index contributed by atoms with van der Waals surface area (Å²) in [5.74, 6) is 0. The van der Waals surface area contributed by atoms with Gasteiger partial charge in [0.05, 0.1) is 25.4 Å². The van der Waals surface area contributed by atoms with Crippen LogP contribution < -0.4 is 5.32 Å². The van der Waals surface area contributed by atoms with Crippen LogP contribution in [0.2, 0.25) is 0 Å². The van der Waals surface area contributed by atoms with Gasteiger partial charge in [-0.25, -0.2) is 0 Å². The van der Waals surface area contributed by atoms with E-state index < -0.39 is 6.10 Å². The second-order valence-electron chi connectivity index (χ2n) is 5.90. The van der Waals surface area contributed by atoms with Crippen LogP contribution in [0.4, 0.5) is 0 Å². The molecular formula is C14H29N3O3. The van der Waals surface area contributed by atoms with E-state index in [1.807, 2.05) is 6.92 Å². The summed E-state index contributed by atoms with van der Waals surface area (Å²) in [6, 6.07) is 0.736. The fourth-order valence-corrected chi connectivity index (χ4v) is 2.75. The fraction of sp³-hybridized carbons (Fsp3) is 1.00. The second kappa shape index (κ2) is 8.26. The third-order valence-corrected chi connectivity index (χ3v) is 4.13. The first-order valence-corrected chi connectivity index (χ1v) is 7.64. The van der Waals surface area contributed by atoms with Crippen molar-refractivity contribution in [3.05, 3.63) is 0 Å². The zero-order chi connectivity index (χ0) is 14.4. The Morgan fingerprint density at radius 3 is 2.45 bits per heavy atom. The van der Waals surface area contributed by atoms with Crippen molar-refractivity contribution in [1.82, 2.24) is 15.1 Å². The highest BCUT2D eigenvalue weighted by Gasteiger charge is 2.28. The van der Waals surface area contributed by atoms with Gasteiger partial charge >= 0.3 is 0 Å². The van der Waals surface area contributed by atoms with E-state index >= 15 is 0 Å². The first-order chi connectivity index (χ1) is 9.69. The lowest BCUT2D eigenvalue weighted by atomic mass is 10.1. The first kappa shape index (κ1) is 16.1. The predicted molar refractivity (Wildman–Crippen MR) is 78.0 cm³/mol. The van der Waals surface area contributed by atoms with Crippen molar-refractivity contribution in [2.24, 2.45) is 0 Å². The third-order valence-electron chi connectivity index (χ3n) is 4.13. The van der Waals surface area contributed by atoms with Crippen LogP contribution in [0.1, 0.15) is 6.92 Å². The highest BCUT2D eigenvalue weighted by molar-refractivity contribution is 4.87. The van der Waals surface area contributed by atoms with Crippen molar-refractivity contribution >= 4 is 0 Å². The maximum absolute atomic E-state index is 10.0. The lowest BCUT2D eigenvalue weighted by molar-refractivity contribution is -0.0442. The van der Waals surface area contributed by atoms with E-state index in [0.29, 0.717) is 19.8 Å². The van der Waals surface area contributed by atoms with Crippen LogP contribution in [-0.2, 0) is 9.47 Å². The summed E-state index contributed by atoms with van der Waals surface area (Å²) in [6.07, 6.45) is -0.371. The minimum Gasteiger partial charge on any atom is -0.389 e. The molecular weight excluding hydrogens is 258 g/mol. The molecule has 2 atom stereocenters. The first-order valence-electron chi connectivity index (χ1n) is 7.64. The zero-order valence-electron chi connectivity index (χ0n) is 12.8. The van der Waals surface area contributed by atoms with Crippen LogP contribution in [-0.4, -0.2) is 99.3 Å². The smallest absolute Gasteiger partial charge is 0.0900 e. The zero-order valence-corrected chi connectivity index (χ0v) is 12.8. The van der Waals surface area contributed by atoms with Crippen molar-refractivity contribution < 1.29 is 14.6 Å². The Balaban J connectivity index is 1.57. The summed E-state index contributed by atoms with van der Waals surface area (Å²) in [4.78, 5) is 4.88. The number of rotatable bonds is 8. The number of methoxy groups -OCH3 is 1. The van der Waals surface area contributed by atoms with E-state index in [9.17, 15) is 5.11 Å². The molecule has 2 unspecified atom stereocenters. The highest BCUT2D eigenvalue weighted by Crippen LogP contribution is 2.10. The molecule has 118 valence electrons. The Hall–Kier alpha value is -0.240. The maximum Gasteiger partial charge on any atom is 0.0900 e. The third kappa shape index (κ3) is 4.95. The van der Waals surface area contributed by atoms with E-state index in [-0.39, 0.29) is 6.10 Å². The lowest BCUT2D eigenvalue weighted by Crippen LogP contribution is -2.62. The largest absolute Gasteiger partial charge is 0.389 e. The summed E-state index contributed by atoms with van der Waals surface area (Å²) >= 11 is 0. The number of ether oxygens (including phenoxy) is 2. The minimum absolute atomic E-state index is 0.0395. The van der Waals surface area contributed by atoms with E-state index in [4.69, 9.17) is 9.47 Å². The molecule has 2 fully saturated rings. The predicted octanol–water partition coefficient (Wildman–Crippen LogP) is -1.01. The summed E-state index contributed by atoms with van der Waals surface area (Å²) in [7, 11) is 1.66. The molecule has 2 N–H and O–H groups in total. The van der Waals surface area contributed by atoms with Gasteiger partial charge in [0, 0.05) is 59.0 Å². The van der Waals surface area contributed by atoms with Gasteiger partial charge in [-0.15, -0.1) is 0 Å². The van der Waals surface area contributed by atoms with Crippen LogP contribution in [0.5, 0.6) is 0 Å². The van der Waals surface area contributed by atoms with E-state index in [1.165, 1.54) is 0 Å². The monoisotopic (exact) mass is 287 g/mol. The summed E-state index contributed by atoms with van der Waals surface area (Å²) in [5.41, 5.74) is 0. The molecule has 0 amide bonds. The van der Waals surface area contributed by atoms with E-state index in [1.54, 1.807) is 7.11 Å². The molecule has 0 bridgehead atoms. The quantitative estimate of drug-likeness (QED) is 0.596. The van der Waals surface area contributed by atoms with Crippen molar-refractivity contribution in [3.63, 3.8) is 0 Å². The molecule has 2 rings (SSSR count). The number of hydrogen-bond acceptors (Lipinski definition) is 6.